The lowest BCUT2D eigenvalue weighted by atomic mass is 10.1. The van der Waals surface area contributed by atoms with Gasteiger partial charge in [-0.1, -0.05) is 0 Å². The van der Waals surface area contributed by atoms with Crippen molar-refractivity contribution in [2.24, 2.45) is 0 Å². The number of nitrogens with one attached hydrogen (secondary N) is 1. The van der Waals surface area contributed by atoms with E-state index in [1.165, 1.54) is 0 Å². The number of ether oxygens (including phenoxy) is 3. The average Bonchev–Trinajstić information content (AvgIpc) is 3.04. The zero-order valence-corrected chi connectivity index (χ0v) is 13.7. The molecule has 2 heterocycles. The van der Waals surface area contributed by atoms with E-state index in [4.69, 9.17) is 14.2 Å². The molecule has 0 bridgehead atoms. The molecule has 0 unspecified atom stereocenters. The molecule has 23 heavy (non-hydrogen) atoms. The molecule has 1 aliphatic rings. The number of rotatable bonds is 4. The summed E-state index contributed by atoms with van der Waals surface area (Å²) in [5, 5.41) is 0.899. The van der Waals surface area contributed by atoms with Crippen LogP contribution >= 0.6 is 0 Å². The molecule has 0 spiro atoms. The van der Waals surface area contributed by atoms with Crippen molar-refractivity contribution in [2.75, 3.05) is 34.4 Å². The van der Waals surface area contributed by atoms with Crippen LogP contribution in [0.2, 0.25) is 0 Å². The van der Waals surface area contributed by atoms with Gasteiger partial charge in [-0.2, -0.15) is 0 Å². The molecular formula is C17H22N2O4. The highest BCUT2D eigenvalue weighted by atomic mass is 16.5. The third-order valence-electron chi connectivity index (χ3n) is 4.41. The molecule has 0 aliphatic carbocycles. The van der Waals surface area contributed by atoms with Gasteiger partial charge in [-0.05, 0) is 25.0 Å². The second-order valence-electron chi connectivity index (χ2n) is 5.70. The number of hydrogen-bond donors (Lipinski definition) is 1. The van der Waals surface area contributed by atoms with E-state index in [0.29, 0.717) is 30.3 Å². The summed E-state index contributed by atoms with van der Waals surface area (Å²) in [6.45, 7) is 1.43. The SMILES string of the molecule is COc1cc(OC)c2[nH]c(C(=O)N3CCC(OC)CC3)cc2c1. The van der Waals surface area contributed by atoms with Gasteiger partial charge < -0.3 is 24.1 Å². The van der Waals surface area contributed by atoms with Crippen molar-refractivity contribution >= 4 is 16.8 Å². The summed E-state index contributed by atoms with van der Waals surface area (Å²) in [5.74, 6) is 1.38. The molecule has 1 saturated heterocycles. The predicted molar refractivity (Wildman–Crippen MR) is 87.3 cm³/mol. The molecule has 2 aromatic rings. The summed E-state index contributed by atoms with van der Waals surface area (Å²) in [4.78, 5) is 17.8. The minimum Gasteiger partial charge on any atom is -0.497 e. The summed E-state index contributed by atoms with van der Waals surface area (Å²) < 4.78 is 16.0. The Morgan fingerprint density at radius 3 is 2.48 bits per heavy atom. The molecule has 3 rings (SSSR count). The Balaban J connectivity index is 1.87. The second-order valence-corrected chi connectivity index (χ2v) is 5.70. The van der Waals surface area contributed by atoms with E-state index in [0.717, 1.165) is 23.7 Å². The number of piperidine rings is 1. The summed E-state index contributed by atoms with van der Waals surface area (Å²) in [7, 11) is 4.94. The molecule has 1 fully saturated rings. The molecule has 1 aliphatic heterocycles. The first-order valence-corrected chi connectivity index (χ1v) is 7.73. The first kappa shape index (κ1) is 15.7. The van der Waals surface area contributed by atoms with E-state index in [1.807, 2.05) is 17.0 Å². The van der Waals surface area contributed by atoms with Crippen LogP contribution in [-0.2, 0) is 4.74 Å². The smallest absolute Gasteiger partial charge is 0.270 e. The lowest BCUT2D eigenvalue weighted by Gasteiger charge is -2.30. The minimum atomic E-state index is 0.0109. The van der Waals surface area contributed by atoms with Gasteiger partial charge in [0.2, 0.25) is 0 Å². The van der Waals surface area contributed by atoms with Gasteiger partial charge in [0.25, 0.3) is 5.91 Å². The van der Waals surface area contributed by atoms with Gasteiger partial charge in [0.15, 0.2) is 0 Å². The van der Waals surface area contributed by atoms with Crippen LogP contribution in [0.1, 0.15) is 23.3 Å². The highest BCUT2D eigenvalue weighted by Gasteiger charge is 2.24. The van der Waals surface area contributed by atoms with Crippen LogP contribution < -0.4 is 9.47 Å². The molecule has 1 aromatic carbocycles. The number of H-pyrrole nitrogens is 1. The molecule has 1 aromatic heterocycles. The van der Waals surface area contributed by atoms with E-state index >= 15 is 0 Å². The number of benzene rings is 1. The van der Waals surface area contributed by atoms with Crippen LogP contribution in [-0.4, -0.2) is 56.3 Å². The molecule has 1 amide bonds. The molecule has 0 radical (unpaired) electrons. The van der Waals surface area contributed by atoms with Crippen molar-refractivity contribution < 1.29 is 19.0 Å². The first-order valence-electron chi connectivity index (χ1n) is 7.73. The minimum absolute atomic E-state index is 0.0109. The van der Waals surface area contributed by atoms with Crippen LogP contribution in [0.4, 0.5) is 0 Å². The van der Waals surface area contributed by atoms with Gasteiger partial charge >= 0.3 is 0 Å². The summed E-state index contributed by atoms with van der Waals surface area (Å²) in [5.41, 5.74) is 1.38. The maximum atomic E-state index is 12.7. The summed E-state index contributed by atoms with van der Waals surface area (Å²) in [6, 6.07) is 5.55. The predicted octanol–water partition coefficient (Wildman–Crippen LogP) is 2.44. The van der Waals surface area contributed by atoms with Crippen molar-refractivity contribution in [3.05, 3.63) is 23.9 Å². The number of fused-ring (bicyclic) bond motifs is 1. The van der Waals surface area contributed by atoms with E-state index in [-0.39, 0.29) is 12.0 Å². The maximum Gasteiger partial charge on any atom is 0.270 e. The number of likely N-dealkylation sites (tertiary alicyclic amines) is 1. The molecule has 0 saturated carbocycles. The summed E-state index contributed by atoms with van der Waals surface area (Å²) in [6.07, 6.45) is 2.00. The van der Waals surface area contributed by atoms with Crippen molar-refractivity contribution in [2.45, 2.75) is 18.9 Å². The van der Waals surface area contributed by atoms with Crippen molar-refractivity contribution in [1.82, 2.24) is 9.88 Å². The van der Waals surface area contributed by atoms with Crippen molar-refractivity contribution in [3.8, 4) is 11.5 Å². The standard InChI is InChI=1S/C17H22N2O4/c1-21-12-4-6-19(7-5-12)17(20)14-9-11-8-13(22-2)10-15(23-3)16(11)18-14/h8-10,12,18H,4-7H2,1-3H3. The lowest BCUT2D eigenvalue weighted by Crippen LogP contribution is -2.40. The number of aromatic amines is 1. The van der Waals surface area contributed by atoms with Crippen LogP contribution in [0, 0.1) is 0 Å². The van der Waals surface area contributed by atoms with Gasteiger partial charge in [-0.15, -0.1) is 0 Å². The monoisotopic (exact) mass is 318 g/mol. The molecule has 0 atom stereocenters. The van der Waals surface area contributed by atoms with Gasteiger partial charge in [-0.25, -0.2) is 0 Å². The number of amides is 1. The normalized spacial score (nSPS) is 15.9. The third kappa shape index (κ3) is 2.99. The third-order valence-corrected chi connectivity index (χ3v) is 4.41. The number of carbonyl (C=O) groups is 1. The van der Waals surface area contributed by atoms with E-state index < -0.39 is 0 Å². The number of aromatic nitrogens is 1. The summed E-state index contributed by atoms with van der Waals surface area (Å²) >= 11 is 0. The van der Waals surface area contributed by atoms with Crippen LogP contribution in [0.15, 0.2) is 18.2 Å². The molecule has 1 N–H and O–H groups in total. The average molecular weight is 318 g/mol. The largest absolute Gasteiger partial charge is 0.497 e. The van der Waals surface area contributed by atoms with Crippen molar-refractivity contribution in [1.29, 1.82) is 0 Å². The fraction of sp³-hybridized carbons (Fsp3) is 0.471. The Labute approximate surface area is 135 Å². The fourth-order valence-corrected chi connectivity index (χ4v) is 3.04. The Kier molecular flexibility index (Phi) is 4.43. The van der Waals surface area contributed by atoms with Crippen LogP contribution in [0.5, 0.6) is 11.5 Å². The zero-order chi connectivity index (χ0) is 16.4. The zero-order valence-electron chi connectivity index (χ0n) is 13.7. The molecular weight excluding hydrogens is 296 g/mol. The molecule has 6 heteroatoms. The van der Waals surface area contributed by atoms with Gasteiger partial charge in [0, 0.05) is 31.7 Å². The number of hydrogen-bond acceptors (Lipinski definition) is 4. The highest BCUT2D eigenvalue weighted by Crippen LogP contribution is 2.31. The van der Waals surface area contributed by atoms with Gasteiger partial charge in [0.1, 0.15) is 17.2 Å². The Morgan fingerprint density at radius 2 is 1.87 bits per heavy atom. The topological polar surface area (TPSA) is 63.8 Å². The maximum absolute atomic E-state index is 12.7. The van der Waals surface area contributed by atoms with E-state index in [9.17, 15) is 4.79 Å². The number of carbonyl (C=O) groups excluding carboxylic acids is 1. The number of nitrogens with zero attached hydrogens (tertiary/aromatic N) is 1. The Bertz CT molecular complexity index is 702. The fourth-order valence-electron chi connectivity index (χ4n) is 3.04. The van der Waals surface area contributed by atoms with Crippen LogP contribution in [0.25, 0.3) is 10.9 Å². The first-order chi connectivity index (χ1) is 11.2. The van der Waals surface area contributed by atoms with Gasteiger partial charge in [-0.3, -0.25) is 4.79 Å². The lowest BCUT2D eigenvalue weighted by molar-refractivity contribution is 0.0348. The molecule has 124 valence electrons. The number of methoxy groups -OCH3 is 3. The Hall–Kier alpha value is -2.21. The van der Waals surface area contributed by atoms with Crippen LogP contribution in [0.3, 0.4) is 0 Å². The van der Waals surface area contributed by atoms with E-state index in [1.54, 1.807) is 27.4 Å². The highest BCUT2D eigenvalue weighted by molar-refractivity contribution is 6.00. The van der Waals surface area contributed by atoms with Gasteiger partial charge in [0.05, 0.1) is 25.8 Å². The molecule has 6 nitrogen and oxygen atoms in total. The second kappa shape index (κ2) is 6.50. The van der Waals surface area contributed by atoms with E-state index in [2.05, 4.69) is 4.98 Å². The van der Waals surface area contributed by atoms with Crippen molar-refractivity contribution in [3.63, 3.8) is 0 Å². The quantitative estimate of drug-likeness (QED) is 0.940. The Morgan fingerprint density at radius 1 is 1.13 bits per heavy atom.